The second kappa shape index (κ2) is 19.3. The zero-order valence-electron chi connectivity index (χ0n) is 29.7. The first-order valence-corrected chi connectivity index (χ1v) is 18.0. The normalized spacial score (nSPS) is 12.3. The Kier molecular flexibility index (Phi) is 14.6. The number of rotatable bonds is 19. The molecule has 0 aliphatic carbocycles. The van der Waals surface area contributed by atoms with Crippen LogP contribution < -0.4 is 21.3 Å². The van der Waals surface area contributed by atoms with Crippen molar-refractivity contribution in [3.8, 4) is 0 Å². The van der Waals surface area contributed by atoms with Gasteiger partial charge in [0.2, 0.25) is 23.6 Å². The second-order valence-corrected chi connectivity index (χ2v) is 12.7. The first kappa shape index (κ1) is 37.8. The second-order valence-electron chi connectivity index (χ2n) is 12.7. The topological polar surface area (TPSA) is 168 Å². The number of carbonyl (C=O) groups excluding carboxylic acids is 4. The molecule has 12 nitrogen and oxygen atoms in total. The average Bonchev–Trinajstić information content (AvgIpc) is 3.10. The van der Waals surface area contributed by atoms with E-state index in [4.69, 9.17) is 0 Å². The van der Waals surface area contributed by atoms with Crippen molar-refractivity contribution >= 4 is 69.0 Å². The SMILES string of the molecule is CCCCC(CC)C(=O)Nc1ccc2ccc(NC(=O)CCCCC(=O)Nc3ccc4ccc(NC(=O)C(CC)CCCC)nc4n3)nc2n1. The van der Waals surface area contributed by atoms with Crippen LogP contribution in [0.25, 0.3) is 22.1 Å². The van der Waals surface area contributed by atoms with Crippen molar-refractivity contribution in [2.24, 2.45) is 11.8 Å². The molecule has 4 rings (SSSR count). The monoisotopic (exact) mass is 682 g/mol. The molecule has 0 fully saturated rings. The number of unbranched alkanes of at least 4 members (excludes halogenated alkanes) is 3. The maximum Gasteiger partial charge on any atom is 0.228 e. The predicted octanol–water partition coefficient (Wildman–Crippen LogP) is 8.02. The summed E-state index contributed by atoms with van der Waals surface area (Å²) in [5, 5.41) is 13.0. The molecule has 4 aromatic heterocycles. The first-order valence-electron chi connectivity index (χ1n) is 18.0. The quantitative estimate of drug-likeness (QED) is 0.0721. The molecule has 0 aliphatic heterocycles. The van der Waals surface area contributed by atoms with E-state index in [2.05, 4.69) is 55.1 Å². The van der Waals surface area contributed by atoms with E-state index in [1.165, 1.54) is 0 Å². The van der Waals surface area contributed by atoms with Crippen LogP contribution in [0.3, 0.4) is 0 Å². The van der Waals surface area contributed by atoms with Crippen molar-refractivity contribution in [3.05, 3.63) is 48.5 Å². The highest BCUT2D eigenvalue weighted by Crippen LogP contribution is 2.21. The lowest BCUT2D eigenvalue weighted by atomic mass is 9.98. The highest BCUT2D eigenvalue weighted by molar-refractivity contribution is 5.95. The third kappa shape index (κ3) is 11.3. The van der Waals surface area contributed by atoms with Crippen LogP contribution in [0.5, 0.6) is 0 Å². The average molecular weight is 683 g/mol. The number of amides is 4. The number of anilines is 4. The zero-order chi connectivity index (χ0) is 35.9. The summed E-state index contributed by atoms with van der Waals surface area (Å²) < 4.78 is 0. The molecular weight excluding hydrogens is 632 g/mol. The summed E-state index contributed by atoms with van der Waals surface area (Å²) in [5.74, 6) is 0.940. The maximum atomic E-state index is 12.7. The van der Waals surface area contributed by atoms with Crippen LogP contribution in [-0.2, 0) is 19.2 Å². The van der Waals surface area contributed by atoms with E-state index in [0.717, 1.165) is 62.1 Å². The summed E-state index contributed by atoms with van der Waals surface area (Å²) in [7, 11) is 0. The molecule has 4 heterocycles. The number of nitrogens with zero attached hydrogens (tertiary/aromatic N) is 4. The molecule has 0 radical (unpaired) electrons. The third-order valence-electron chi connectivity index (χ3n) is 8.74. The lowest BCUT2D eigenvalue weighted by Crippen LogP contribution is -2.22. The molecule has 4 aromatic rings. The van der Waals surface area contributed by atoms with Crippen LogP contribution in [0.1, 0.15) is 105 Å². The molecule has 4 amide bonds. The van der Waals surface area contributed by atoms with Gasteiger partial charge in [0.1, 0.15) is 23.3 Å². The minimum absolute atomic E-state index is 0.0461. The van der Waals surface area contributed by atoms with Crippen molar-refractivity contribution in [1.82, 2.24) is 19.9 Å². The van der Waals surface area contributed by atoms with Gasteiger partial charge in [0.05, 0.1) is 0 Å². The fourth-order valence-electron chi connectivity index (χ4n) is 5.66. The Morgan fingerprint density at radius 3 is 1.16 bits per heavy atom. The molecule has 0 saturated heterocycles. The number of hydrogen-bond acceptors (Lipinski definition) is 8. The molecule has 4 N–H and O–H groups in total. The van der Waals surface area contributed by atoms with E-state index < -0.39 is 0 Å². The van der Waals surface area contributed by atoms with E-state index in [1.54, 1.807) is 24.3 Å². The summed E-state index contributed by atoms with van der Waals surface area (Å²) in [6, 6.07) is 14.3. The van der Waals surface area contributed by atoms with Gasteiger partial charge in [-0.3, -0.25) is 19.2 Å². The van der Waals surface area contributed by atoms with E-state index in [-0.39, 0.29) is 48.3 Å². The lowest BCUT2D eigenvalue weighted by molar-refractivity contribution is -0.121. The fourth-order valence-corrected chi connectivity index (χ4v) is 5.66. The van der Waals surface area contributed by atoms with Gasteiger partial charge in [-0.2, -0.15) is 0 Å². The highest BCUT2D eigenvalue weighted by atomic mass is 16.2. The van der Waals surface area contributed by atoms with Gasteiger partial charge in [-0.05, 0) is 87.1 Å². The summed E-state index contributed by atoms with van der Waals surface area (Å²) in [6.45, 7) is 8.24. The lowest BCUT2D eigenvalue weighted by Gasteiger charge is -2.14. The smallest absolute Gasteiger partial charge is 0.228 e. The van der Waals surface area contributed by atoms with Crippen molar-refractivity contribution in [2.75, 3.05) is 21.3 Å². The highest BCUT2D eigenvalue weighted by Gasteiger charge is 2.18. The predicted molar refractivity (Wildman–Crippen MR) is 199 cm³/mol. The number of fused-ring (bicyclic) bond motifs is 2. The van der Waals surface area contributed by atoms with Crippen LogP contribution in [0.4, 0.5) is 23.3 Å². The molecule has 0 bridgehead atoms. The number of aromatic nitrogens is 4. The number of nitrogens with one attached hydrogen (secondary N) is 4. The molecule has 0 aromatic carbocycles. The number of hydrogen-bond donors (Lipinski definition) is 4. The van der Waals surface area contributed by atoms with Gasteiger partial charge < -0.3 is 21.3 Å². The molecule has 0 spiro atoms. The minimum atomic E-state index is -0.218. The van der Waals surface area contributed by atoms with E-state index in [1.807, 2.05) is 38.1 Å². The first-order chi connectivity index (χ1) is 24.2. The van der Waals surface area contributed by atoms with Crippen LogP contribution >= 0.6 is 0 Å². The van der Waals surface area contributed by atoms with Crippen molar-refractivity contribution in [3.63, 3.8) is 0 Å². The molecule has 12 heteroatoms. The molecule has 50 heavy (non-hydrogen) atoms. The Bertz CT molecular complexity index is 1650. The van der Waals surface area contributed by atoms with Gasteiger partial charge in [-0.1, -0.05) is 53.4 Å². The van der Waals surface area contributed by atoms with Crippen LogP contribution in [0.2, 0.25) is 0 Å². The van der Waals surface area contributed by atoms with Crippen molar-refractivity contribution < 1.29 is 19.2 Å². The van der Waals surface area contributed by atoms with Crippen molar-refractivity contribution in [1.29, 1.82) is 0 Å². The largest absolute Gasteiger partial charge is 0.311 e. The Morgan fingerprint density at radius 2 is 0.840 bits per heavy atom. The molecule has 2 atom stereocenters. The standard InChI is InChI=1S/C38H50N8O4/c1-5-9-13-25(7-3)37(49)45-31-23-19-27-17-21-29(41-35(27)43-31)39-33(47)15-11-12-16-34(48)40-30-22-18-28-20-24-32(44-36(28)42-30)46-38(50)26(8-4)14-10-6-2/h17-26H,5-16H2,1-4H3,(H2,39,41,43,45,47,49)(H2,40,42,44,46,48,50). The van der Waals surface area contributed by atoms with Crippen molar-refractivity contribution in [2.45, 2.75) is 105 Å². The molecule has 0 saturated carbocycles. The van der Waals surface area contributed by atoms with E-state index in [9.17, 15) is 19.2 Å². The van der Waals surface area contributed by atoms with Crippen LogP contribution in [-0.4, -0.2) is 43.6 Å². The summed E-state index contributed by atoms with van der Waals surface area (Å²) in [5.41, 5.74) is 0.842. The van der Waals surface area contributed by atoms with Gasteiger partial charge in [0.15, 0.2) is 11.3 Å². The Balaban J connectivity index is 1.23. The molecule has 2 unspecified atom stereocenters. The zero-order valence-corrected chi connectivity index (χ0v) is 29.7. The van der Waals surface area contributed by atoms with Gasteiger partial charge in [0.25, 0.3) is 0 Å². The van der Waals surface area contributed by atoms with Gasteiger partial charge in [-0.25, -0.2) is 19.9 Å². The fraction of sp³-hybridized carbons (Fsp3) is 0.474. The minimum Gasteiger partial charge on any atom is -0.311 e. The van der Waals surface area contributed by atoms with E-state index >= 15 is 0 Å². The summed E-state index contributed by atoms with van der Waals surface area (Å²) in [4.78, 5) is 68.7. The number of pyridine rings is 4. The summed E-state index contributed by atoms with van der Waals surface area (Å²) >= 11 is 0. The molecule has 0 aliphatic rings. The van der Waals surface area contributed by atoms with E-state index in [0.29, 0.717) is 47.4 Å². The number of carbonyl (C=O) groups is 4. The van der Waals surface area contributed by atoms with Gasteiger partial charge in [0, 0.05) is 35.4 Å². The molecular formula is C38H50N8O4. The van der Waals surface area contributed by atoms with Gasteiger partial charge >= 0.3 is 0 Å². The summed E-state index contributed by atoms with van der Waals surface area (Å²) in [6.07, 6.45) is 8.73. The Hall–Kier alpha value is -5.00. The van der Waals surface area contributed by atoms with Crippen LogP contribution in [0.15, 0.2) is 48.5 Å². The Morgan fingerprint density at radius 1 is 0.500 bits per heavy atom. The third-order valence-corrected chi connectivity index (χ3v) is 8.74. The van der Waals surface area contributed by atoms with Crippen LogP contribution in [0, 0.1) is 11.8 Å². The van der Waals surface area contributed by atoms with Gasteiger partial charge in [-0.15, -0.1) is 0 Å². The Labute approximate surface area is 294 Å². The maximum absolute atomic E-state index is 12.7. The molecule has 266 valence electrons.